The van der Waals surface area contributed by atoms with Gasteiger partial charge in [-0.15, -0.1) is 0 Å². The summed E-state index contributed by atoms with van der Waals surface area (Å²) in [5, 5.41) is 6.34. The minimum absolute atomic E-state index is 0.142. The van der Waals surface area contributed by atoms with Crippen LogP contribution in [0.5, 0.6) is 0 Å². The standard InChI is InChI=1S/C20H23N5O2/c1-12-11-14(23-17-15(13-5-6-13)21-9-10-22-17)19(27)25-16(12)18(26)24-20(25)7-3-2-4-8-20/h9-11,13H,2-8H2,1H3,(H,22,23)(H,24,26). The van der Waals surface area contributed by atoms with Crippen molar-refractivity contribution in [1.82, 2.24) is 19.9 Å². The van der Waals surface area contributed by atoms with Gasteiger partial charge in [0.15, 0.2) is 5.82 Å². The lowest BCUT2D eigenvalue weighted by atomic mass is 9.89. The lowest BCUT2D eigenvalue weighted by molar-refractivity contribution is 0.0876. The van der Waals surface area contributed by atoms with Crippen LogP contribution < -0.4 is 16.2 Å². The van der Waals surface area contributed by atoms with Crippen LogP contribution >= 0.6 is 0 Å². The molecule has 0 radical (unpaired) electrons. The first-order valence-electron chi connectivity index (χ1n) is 9.77. The Bertz CT molecular complexity index is 986. The maximum absolute atomic E-state index is 13.4. The number of rotatable bonds is 3. The number of carbonyl (C=O) groups excluding carboxylic acids is 1. The molecule has 2 fully saturated rings. The summed E-state index contributed by atoms with van der Waals surface area (Å²) in [6.45, 7) is 1.89. The zero-order valence-electron chi connectivity index (χ0n) is 15.4. The van der Waals surface area contributed by atoms with Gasteiger partial charge >= 0.3 is 0 Å². The van der Waals surface area contributed by atoms with Crippen LogP contribution in [-0.4, -0.2) is 20.4 Å². The van der Waals surface area contributed by atoms with Crippen molar-refractivity contribution in [3.63, 3.8) is 0 Å². The maximum Gasteiger partial charge on any atom is 0.276 e. The van der Waals surface area contributed by atoms with Gasteiger partial charge in [-0.25, -0.2) is 4.98 Å². The Morgan fingerprint density at radius 2 is 1.89 bits per heavy atom. The van der Waals surface area contributed by atoms with Gasteiger partial charge in [0.1, 0.15) is 17.0 Å². The van der Waals surface area contributed by atoms with Gasteiger partial charge in [-0.2, -0.15) is 0 Å². The van der Waals surface area contributed by atoms with Gasteiger partial charge in [0.25, 0.3) is 11.5 Å². The fraction of sp³-hybridized carbons (Fsp3) is 0.500. The number of aromatic nitrogens is 3. The third kappa shape index (κ3) is 2.56. The van der Waals surface area contributed by atoms with E-state index in [4.69, 9.17) is 0 Å². The highest BCUT2D eigenvalue weighted by molar-refractivity contribution is 5.97. The summed E-state index contributed by atoms with van der Waals surface area (Å²) >= 11 is 0. The molecule has 1 amide bonds. The molecule has 7 nitrogen and oxygen atoms in total. The van der Waals surface area contributed by atoms with Crippen molar-refractivity contribution in [3.05, 3.63) is 45.8 Å². The SMILES string of the molecule is Cc1cc(Nc2nccnc2C2CC2)c(=O)n2c1C(=O)NC21CCCCC1. The highest BCUT2D eigenvalue weighted by Crippen LogP contribution is 2.42. The fourth-order valence-corrected chi connectivity index (χ4v) is 4.56. The quantitative estimate of drug-likeness (QED) is 0.873. The van der Waals surface area contributed by atoms with Crippen molar-refractivity contribution >= 4 is 17.4 Å². The molecule has 2 N–H and O–H groups in total. The Kier molecular flexibility index (Phi) is 3.60. The Morgan fingerprint density at radius 1 is 1.15 bits per heavy atom. The minimum Gasteiger partial charge on any atom is -0.334 e. The molecule has 0 aromatic carbocycles. The number of nitrogens with one attached hydrogen (secondary N) is 2. The van der Waals surface area contributed by atoms with E-state index in [1.165, 1.54) is 0 Å². The largest absolute Gasteiger partial charge is 0.334 e. The van der Waals surface area contributed by atoms with Gasteiger partial charge in [-0.3, -0.25) is 19.1 Å². The Morgan fingerprint density at radius 3 is 2.63 bits per heavy atom. The molecular formula is C20H23N5O2. The van der Waals surface area contributed by atoms with E-state index < -0.39 is 5.66 Å². The van der Waals surface area contributed by atoms with Crippen LogP contribution in [0.3, 0.4) is 0 Å². The molecule has 3 heterocycles. The zero-order chi connectivity index (χ0) is 18.6. The van der Waals surface area contributed by atoms with Gasteiger partial charge in [-0.05, 0) is 57.1 Å². The molecule has 0 unspecified atom stereocenters. The second-order valence-corrected chi connectivity index (χ2v) is 7.97. The van der Waals surface area contributed by atoms with Crippen molar-refractivity contribution < 1.29 is 4.79 Å². The Balaban J connectivity index is 1.62. The first kappa shape index (κ1) is 16.5. The molecule has 27 heavy (non-hydrogen) atoms. The predicted molar refractivity (Wildman–Crippen MR) is 101 cm³/mol. The molecule has 1 spiro atoms. The third-order valence-electron chi connectivity index (χ3n) is 6.01. The lowest BCUT2D eigenvalue weighted by Crippen LogP contribution is -2.48. The smallest absolute Gasteiger partial charge is 0.276 e. The number of fused-ring (bicyclic) bond motifs is 2. The van der Waals surface area contributed by atoms with Crippen LogP contribution in [0.1, 0.15) is 72.6 Å². The molecule has 2 saturated carbocycles. The summed E-state index contributed by atoms with van der Waals surface area (Å²) < 4.78 is 1.71. The van der Waals surface area contributed by atoms with Crippen molar-refractivity contribution in [2.45, 2.75) is 63.5 Å². The first-order chi connectivity index (χ1) is 13.1. The summed E-state index contributed by atoms with van der Waals surface area (Å²) in [4.78, 5) is 34.9. The van der Waals surface area contributed by atoms with Crippen LogP contribution in [0.25, 0.3) is 0 Å². The minimum atomic E-state index is -0.577. The molecule has 140 valence electrons. The van der Waals surface area contributed by atoms with Gasteiger partial charge in [0.2, 0.25) is 0 Å². The monoisotopic (exact) mass is 365 g/mol. The van der Waals surface area contributed by atoms with E-state index in [0.717, 1.165) is 56.2 Å². The second-order valence-electron chi connectivity index (χ2n) is 7.97. The molecule has 5 rings (SSSR count). The first-order valence-corrected chi connectivity index (χ1v) is 9.77. The molecule has 0 saturated heterocycles. The summed E-state index contributed by atoms with van der Waals surface area (Å²) in [5.74, 6) is 0.927. The number of nitrogens with zero attached hydrogens (tertiary/aromatic N) is 3. The van der Waals surface area contributed by atoms with Gasteiger partial charge in [0, 0.05) is 18.3 Å². The van der Waals surface area contributed by atoms with E-state index in [0.29, 0.717) is 23.1 Å². The normalized spacial score (nSPS) is 20.4. The van der Waals surface area contributed by atoms with E-state index in [1.807, 2.05) is 6.92 Å². The number of carbonyl (C=O) groups is 1. The van der Waals surface area contributed by atoms with Crippen LogP contribution in [-0.2, 0) is 5.66 Å². The van der Waals surface area contributed by atoms with E-state index in [9.17, 15) is 9.59 Å². The van der Waals surface area contributed by atoms with Crippen LogP contribution in [0, 0.1) is 6.92 Å². The van der Waals surface area contributed by atoms with Crippen LogP contribution in [0.15, 0.2) is 23.3 Å². The lowest BCUT2D eigenvalue weighted by Gasteiger charge is -2.35. The van der Waals surface area contributed by atoms with Crippen molar-refractivity contribution in [1.29, 1.82) is 0 Å². The number of aryl methyl sites for hydroxylation is 1. The van der Waals surface area contributed by atoms with Crippen molar-refractivity contribution in [2.75, 3.05) is 5.32 Å². The highest BCUT2D eigenvalue weighted by atomic mass is 16.2. The molecule has 2 aliphatic carbocycles. The summed E-state index contributed by atoms with van der Waals surface area (Å²) in [6, 6.07) is 1.76. The molecule has 0 bridgehead atoms. The number of pyridine rings is 1. The van der Waals surface area contributed by atoms with Gasteiger partial charge in [-0.1, -0.05) is 6.42 Å². The summed E-state index contributed by atoms with van der Waals surface area (Å²) in [5.41, 5.74) is 1.93. The predicted octanol–water partition coefficient (Wildman–Crippen LogP) is 2.93. The molecular weight excluding hydrogens is 342 g/mol. The number of amides is 1. The van der Waals surface area contributed by atoms with Gasteiger partial charge in [0.05, 0.1) is 5.69 Å². The fourth-order valence-electron chi connectivity index (χ4n) is 4.56. The van der Waals surface area contributed by atoms with Crippen molar-refractivity contribution in [2.24, 2.45) is 0 Å². The summed E-state index contributed by atoms with van der Waals surface area (Å²) in [6.07, 6.45) is 10.3. The third-order valence-corrected chi connectivity index (χ3v) is 6.01. The number of hydrogen-bond acceptors (Lipinski definition) is 5. The van der Waals surface area contributed by atoms with E-state index in [1.54, 1.807) is 23.0 Å². The summed E-state index contributed by atoms with van der Waals surface area (Å²) in [7, 11) is 0. The average Bonchev–Trinajstić information content (AvgIpc) is 3.46. The maximum atomic E-state index is 13.4. The van der Waals surface area contributed by atoms with Gasteiger partial charge < -0.3 is 10.6 Å². The molecule has 2 aromatic heterocycles. The molecule has 2 aromatic rings. The number of anilines is 2. The van der Waals surface area contributed by atoms with E-state index >= 15 is 0 Å². The van der Waals surface area contributed by atoms with Crippen molar-refractivity contribution in [3.8, 4) is 0 Å². The Hall–Kier alpha value is -2.70. The van der Waals surface area contributed by atoms with E-state index in [2.05, 4.69) is 20.6 Å². The van der Waals surface area contributed by atoms with E-state index in [-0.39, 0.29) is 11.5 Å². The topological polar surface area (TPSA) is 88.9 Å². The van der Waals surface area contributed by atoms with Crippen LogP contribution in [0.4, 0.5) is 11.5 Å². The van der Waals surface area contributed by atoms with Crippen LogP contribution in [0.2, 0.25) is 0 Å². The molecule has 0 atom stereocenters. The molecule has 3 aliphatic rings. The second kappa shape index (κ2) is 5.90. The highest BCUT2D eigenvalue weighted by Gasteiger charge is 2.45. The molecule has 7 heteroatoms. The number of hydrogen-bond donors (Lipinski definition) is 2. The Labute approximate surface area is 157 Å². The zero-order valence-corrected chi connectivity index (χ0v) is 15.4. The average molecular weight is 365 g/mol. The molecule has 1 aliphatic heterocycles.